The molecule has 0 saturated heterocycles. The SMILES string of the molecule is O=C(O)CCC[C@H](O)[C@H](O)/C=C/C=C/CCCCCc1ccccc1. The van der Waals surface area contributed by atoms with Crippen LogP contribution in [0.25, 0.3) is 0 Å². The molecule has 0 aliphatic heterocycles. The fraction of sp³-hybridized carbons (Fsp3) is 0.476. The number of allylic oxidation sites excluding steroid dienone is 3. The first-order chi connectivity index (χ1) is 12.1. The molecule has 0 spiro atoms. The summed E-state index contributed by atoms with van der Waals surface area (Å²) in [5.74, 6) is -0.885. The van der Waals surface area contributed by atoms with Crippen LogP contribution >= 0.6 is 0 Å². The van der Waals surface area contributed by atoms with Gasteiger partial charge in [-0.2, -0.15) is 0 Å². The molecule has 0 aliphatic carbocycles. The predicted octanol–water partition coefficient (Wildman–Crippen LogP) is 3.88. The number of carboxylic acids is 1. The van der Waals surface area contributed by atoms with Gasteiger partial charge in [0.1, 0.15) is 0 Å². The Labute approximate surface area is 150 Å². The zero-order chi connectivity index (χ0) is 18.3. The third-order valence-electron chi connectivity index (χ3n) is 4.02. The van der Waals surface area contributed by atoms with E-state index in [1.807, 2.05) is 12.1 Å². The molecular formula is C21H30O4. The van der Waals surface area contributed by atoms with E-state index in [1.165, 1.54) is 24.5 Å². The molecule has 4 heteroatoms. The standard InChI is InChI=1S/C21H30O4/c22-19(20(23)16-11-17-21(24)25)15-10-5-3-1-2-4-7-12-18-13-8-6-9-14-18/h3,5-6,8-10,13-15,19-20,22-23H,1-2,4,7,11-12,16-17H2,(H,24,25)/b5-3+,15-10+/t19-,20+/m1/s1. The number of aliphatic hydroxyl groups is 2. The highest BCUT2D eigenvalue weighted by Gasteiger charge is 2.12. The number of carboxylic acid groups (broad SMARTS) is 1. The van der Waals surface area contributed by atoms with Crippen molar-refractivity contribution in [3.63, 3.8) is 0 Å². The molecule has 0 amide bonds. The van der Waals surface area contributed by atoms with Gasteiger partial charge in [-0.15, -0.1) is 0 Å². The number of hydrogen-bond donors (Lipinski definition) is 3. The molecule has 0 unspecified atom stereocenters. The first-order valence-corrected chi connectivity index (χ1v) is 9.05. The normalized spacial score (nSPS) is 14.2. The second-order valence-electron chi connectivity index (χ2n) is 6.24. The fourth-order valence-electron chi connectivity index (χ4n) is 2.53. The van der Waals surface area contributed by atoms with Crippen molar-refractivity contribution in [3.8, 4) is 0 Å². The van der Waals surface area contributed by atoms with E-state index in [2.05, 4.69) is 30.3 Å². The summed E-state index contributed by atoms with van der Waals surface area (Å²) in [7, 11) is 0. The largest absolute Gasteiger partial charge is 0.481 e. The van der Waals surface area contributed by atoms with Gasteiger partial charge in [0.2, 0.25) is 0 Å². The number of carbonyl (C=O) groups is 1. The van der Waals surface area contributed by atoms with E-state index in [9.17, 15) is 15.0 Å². The van der Waals surface area contributed by atoms with Crippen LogP contribution in [0.4, 0.5) is 0 Å². The minimum absolute atomic E-state index is 0.0116. The Hall–Kier alpha value is -1.91. The molecule has 0 aliphatic rings. The summed E-state index contributed by atoms with van der Waals surface area (Å²) in [6.45, 7) is 0. The minimum atomic E-state index is -0.954. The molecule has 0 fully saturated rings. The van der Waals surface area contributed by atoms with Crippen LogP contribution in [0, 0.1) is 0 Å². The number of aliphatic carboxylic acids is 1. The Kier molecular flexibility index (Phi) is 11.3. The summed E-state index contributed by atoms with van der Waals surface area (Å²) in [5, 5.41) is 28.0. The van der Waals surface area contributed by atoms with Crippen molar-refractivity contribution in [2.24, 2.45) is 0 Å². The lowest BCUT2D eigenvalue weighted by atomic mass is 10.1. The molecule has 0 bridgehead atoms. The summed E-state index contributed by atoms with van der Waals surface area (Å²) < 4.78 is 0. The van der Waals surface area contributed by atoms with Gasteiger partial charge in [0, 0.05) is 6.42 Å². The molecule has 0 aromatic heterocycles. The molecule has 1 aromatic carbocycles. The van der Waals surface area contributed by atoms with Gasteiger partial charge >= 0.3 is 5.97 Å². The number of aliphatic hydroxyl groups excluding tert-OH is 2. The quantitative estimate of drug-likeness (QED) is 0.374. The lowest BCUT2D eigenvalue weighted by molar-refractivity contribution is -0.137. The maximum atomic E-state index is 10.4. The fourth-order valence-corrected chi connectivity index (χ4v) is 2.53. The highest BCUT2D eigenvalue weighted by molar-refractivity contribution is 5.66. The van der Waals surface area contributed by atoms with Gasteiger partial charge in [0.15, 0.2) is 0 Å². The molecule has 1 aromatic rings. The Bertz CT molecular complexity index is 522. The highest BCUT2D eigenvalue weighted by Crippen LogP contribution is 2.09. The number of unbranched alkanes of at least 4 members (excludes halogenated alkanes) is 3. The minimum Gasteiger partial charge on any atom is -0.481 e. The lowest BCUT2D eigenvalue weighted by Gasteiger charge is -2.13. The van der Waals surface area contributed by atoms with Crippen molar-refractivity contribution in [2.75, 3.05) is 0 Å². The Morgan fingerprint density at radius 1 is 1.00 bits per heavy atom. The van der Waals surface area contributed by atoms with Gasteiger partial charge in [0.25, 0.3) is 0 Å². The van der Waals surface area contributed by atoms with Crippen molar-refractivity contribution in [1.82, 2.24) is 0 Å². The van der Waals surface area contributed by atoms with Gasteiger partial charge in [-0.1, -0.05) is 61.1 Å². The highest BCUT2D eigenvalue weighted by atomic mass is 16.4. The van der Waals surface area contributed by atoms with Crippen molar-refractivity contribution in [1.29, 1.82) is 0 Å². The van der Waals surface area contributed by atoms with Gasteiger partial charge in [-0.25, -0.2) is 0 Å². The maximum absolute atomic E-state index is 10.4. The molecule has 0 saturated carbocycles. The van der Waals surface area contributed by atoms with Crippen LogP contribution in [0.3, 0.4) is 0 Å². The van der Waals surface area contributed by atoms with Crippen molar-refractivity contribution >= 4 is 5.97 Å². The zero-order valence-corrected chi connectivity index (χ0v) is 14.8. The first kappa shape index (κ1) is 21.1. The van der Waals surface area contributed by atoms with Crippen LogP contribution in [-0.4, -0.2) is 33.5 Å². The summed E-state index contributed by atoms with van der Waals surface area (Å²) >= 11 is 0. The van der Waals surface area contributed by atoms with E-state index >= 15 is 0 Å². The van der Waals surface area contributed by atoms with E-state index in [-0.39, 0.29) is 12.8 Å². The van der Waals surface area contributed by atoms with Crippen LogP contribution in [0.5, 0.6) is 0 Å². The maximum Gasteiger partial charge on any atom is 0.303 e. The molecular weight excluding hydrogens is 316 g/mol. The second-order valence-corrected chi connectivity index (χ2v) is 6.24. The molecule has 1 rings (SSSR count). The third kappa shape index (κ3) is 11.3. The smallest absolute Gasteiger partial charge is 0.303 e. The summed E-state index contributed by atoms with van der Waals surface area (Å²) in [6.07, 6.45) is 11.6. The number of rotatable bonds is 13. The molecule has 0 heterocycles. The number of aryl methyl sites for hydroxylation is 1. The molecule has 3 N–H and O–H groups in total. The van der Waals surface area contributed by atoms with Gasteiger partial charge < -0.3 is 15.3 Å². The molecule has 4 nitrogen and oxygen atoms in total. The summed E-state index contributed by atoms with van der Waals surface area (Å²) in [6, 6.07) is 10.5. The zero-order valence-electron chi connectivity index (χ0n) is 14.8. The lowest BCUT2D eigenvalue weighted by Crippen LogP contribution is -2.23. The molecule has 25 heavy (non-hydrogen) atoms. The van der Waals surface area contributed by atoms with Gasteiger partial charge in [0.05, 0.1) is 12.2 Å². The van der Waals surface area contributed by atoms with E-state index in [0.29, 0.717) is 6.42 Å². The number of hydrogen-bond acceptors (Lipinski definition) is 3. The van der Waals surface area contributed by atoms with Gasteiger partial charge in [-0.05, 0) is 44.1 Å². The van der Waals surface area contributed by atoms with Crippen LogP contribution in [-0.2, 0) is 11.2 Å². The van der Waals surface area contributed by atoms with Crippen LogP contribution in [0.1, 0.15) is 50.5 Å². The van der Waals surface area contributed by atoms with Crippen molar-refractivity contribution in [2.45, 2.75) is 63.6 Å². The van der Waals surface area contributed by atoms with Crippen LogP contribution in [0.2, 0.25) is 0 Å². The van der Waals surface area contributed by atoms with Crippen LogP contribution in [0.15, 0.2) is 54.6 Å². The monoisotopic (exact) mass is 346 g/mol. The average molecular weight is 346 g/mol. The Morgan fingerprint density at radius 3 is 2.48 bits per heavy atom. The van der Waals surface area contributed by atoms with Crippen molar-refractivity contribution < 1.29 is 20.1 Å². The van der Waals surface area contributed by atoms with Crippen LogP contribution < -0.4 is 0 Å². The third-order valence-corrected chi connectivity index (χ3v) is 4.02. The van der Waals surface area contributed by atoms with E-state index in [0.717, 1.165) is 19.3 Å². The Morgan fingerprint density at radius 2 is 1.76 bits per heavy atom. The van der Waals surface area contributed by atoms with E-state index in [4.69, 9.17) is 5.11 Å². The summed E-state index contributed by atoms with van der Waals surface area (Å²) in [5.41, 5.74) is 1.39. The molecule has 0 radical (unpaired) electrons. The van der Waals surface area contributed by atoms with Crippen molar-refractivity contribution in [3.05, 3.63) is 60.2 Å². The predicted molar refractivity (Wildman–Crippen MR) is 100 cm³/mol. The Balaban J connectivity index is 2.05. The second kappa shape index (κ2) is 13.4. The van der Waals surface area contributed by atoms with Gasteiger partial charge in [-0.3, -0.25) is 4.79 Å². The first-order valence-electron chi connectivity index (χ1n) is 9.05. The topological polar surface area (TPSA) is 77.8 Å². The van der Waals surface area contributed by atoms with E-state index in [1.54, 1.807) is 6.08 Å². The summed E-state index contributed by atoms with van der Waals surface area (Å²) in [4.78, 5) is 10.4. The molecule has 138 valence electrons. The molecule has 2 atom stereocenters. The number of benzene rings is 1. The van der Waals surface area contributed by atoms with E-state index < -0.39 is 18.2 Å². The average Bonchev–Trinajstić information content (AvgIpc) is 2.60.